The summed E-state index contributed by atoms with van der Waals surface area (Å²) in [6, 6.07) is 4.27. The summed E-state index contributed by atoms with van der Waals surface area (Å²) in [5, 5.41) is 4.24. The highest BCUT2D eigenvalue weighted by Crippen LogP contribution is 2.15. The first-order valence-electron chi connectivity index (χ1n) is 8.11. The average Bonchev–Trinajstić information content (AvgIpc) is 2.91. The maximum Gasteiger partial charge on any atom is 0.250 e. The Hall–Kier alpha value is -1.92. The molecular formula is C17H25N5O. The number of aryl methyl sites for hydroxylation is 2. The minimum Gasteiger partial charge on any atom is -0.319 e. The Morgan fingerprint density at radius 2 is 2.04 bits per heavy atom. The minimum atomic E-state index is 0.0609. The fraction of sp³-hybridized carbons (Fsp3) is 0.529. The van der Waals surface area contributed by atoms with Crippen LogP contribution < -0.4 is 5.56 Å². The van der Waals surface area contributed by atoms with Gasteiger partial charge in [-0.15, -0.1) is 0 Å². The van der Waals surface area contributed by atoms with Gasteiger partial charge in [0.25, 0.3) is 5.56 Å². The van der Waals surface area contributed by atoms with E-state index < -0.39 is 0 Å². The van der Waals surface area contributed by atoms with Crippen molar-refractivity contribution in [3.8, 4) is 0 Å². The molecule has 0 bridgehead atoms. The summed E-state index contributed by atoms with van der Waals surface area (Å²) in [4.78, 5) is 16.7. The molecule has 0 radical (unpaired) electrons. The number of hydrogen-bond acceptors (Lipinski definition) is 4. The molecule has 0 amide bonds. The Morgan fingerprint density at radius 3 is 2.70 bits per heavy atom. The van der Waals surface area contributed by atoms with Crippen LogP contribution in [0.5, 0.6) is 0 Å². The van der Waals surface area contributed by atoms with Crippen LogP contribution in [0, 0.1) is 0 Å². The van der Waals surface area contributed by atoms with Crippen LogP contribution >= 0.6 is 0 Å². The molecule has 1 fully saturated rings. The number of nitrogens with zero attached hydrogens (tertiary/aromatic N) is 5. The lowest BCUT2D eigenvalue weighted by Crippen LogP contribution is -2.50. The lowest BCUT2D eigenvalue weighted by Gasteiger charge is -2.39. The molecule has 2 aromatic heterocycles. The molecule has 0 spiro atoms. The average molecular weight is 315 g/mol. The molecule has 6 nitrogen and oxygen atoms in total. The van der Waals surface area contributed by atoms with Gasteiger partial charge in [-0.2, -0.15) is 5.10 Å². The Morgan fingerprint density at radius 1 is 1.22 bits per heavy atom. The summed E-state index contributed by atoms with van der Waals surface area (Å²) < 4.78 is 3.46. The van der Waals surface area contributed by atoms with Crippen molar-refractivity contribution in [3.63, 3.8) is 0 Å². The molecular weight excluding hydrogens is 290 g/mol. The van der Waals surface area contributed by atoms with E-state index >= 15 is 0 Å². The van der Waals surface area contributed by atoms with Crippen molar-refractivity contribution in [1.29, 1.82) is 0 Å². The van der Waals surface area contributed by atoms with Gasteiger partial charge in [0.15, 0.2) is 0 Å². The molecule has 23 heavy (non-hydrogen) atoms. The first-order chi connectivity index (χ1) is 11.0. The zero-order valence-corrected chi connectivity index (χ0v) is 14.1. The van der Waals surface area contributed by atoms with Crippen LogP contribution in [-0.2, 0) is 27.2 Å². The summed E-state index contributed by atoms with van der Waals surface area (Å²) in [5.41, 5.74) is 2.42. The van der Waals surface area contributed by atoms with Gasteiger partial charge < -0.3 is 4.57 Å². The Bertz CT molecular complexity index is 720. The molecule has 1 unspecified atom stereocenters. The van der Waals surface area contributed by atoms with Gasteiger partial charge in [0.2, 0.25) is 0 Å². The topological polar surface area (TPSA) is 46.3 Å². The lowest BCUT2D eigenvalue weighted by atomic mass is 10.1. The molecule has 0 saturated carbocycles. The highest BCUT2D eigenvalue weighted by atomic mass is 16.1. The van der Waals surface area contributed by atoms with Crippen molar-refractivity contribution in [3.05, 3.63) is 52.2 Å². The smallest absolute Gasteiger partial charge is 0.250 e. The maximum absolute atomic E-state index is 11.7. The van der Waals surface area contributed by atoms with E-state index in [1.165, 1.54) is 5.56 Å². The second kappa shape index (κ2) is 6.68. The second-order valence-corrected chi connectivity index (χ2v) is 6.56. The molecule has 0 aliphatic carbocycles. The molecule has 1 aliphatic rings. The van der Waals surface area contributed by atoms with Gasteiger partial charge in [-0.3, -0.25) is 19.3 Å². The summed E-state index contributed by atoms with van der Waals surface area (Å²) >= 11 is 0. The maximum atomic E-state index is 11.7. The first kappa shape index (κ1) is 16.0. The van der Waals surface area contributed by atoms with Gasteiger partial charge in [-0.05, 0) is 18.6 Å². The normalized spacial score (nSPS) is 20.0. The molecule has 0 N–H and O–H groups in total. The summed E-state index contributed by atoms with van der Waals surface area (Å²) in [6.07, 6.45) is 5.87. The highest BCUT2D eigenvalue weighted by molar-refractivity contribution is 5.11. The first-order valence-corrected chi connectivity index (χ1v) is 8.11. The summed E-state index contributed by atoms with van der Waals surface area (Å²) in [6.45, 7) is 7.17. The van der Waals surface area contributed by atoms with Crippen LogP contribution in [0.4, 0.5) is 0 Å². The standard InChI is InChI=1S/C17H25N5O/c1-14-10-21(12-15-4-5-19(2)17(23)8-15)6-7-22(14)13-16-9-18-20(3)11-16/h4-5,8-9,11,14H,6-7,10,12-13H2,1-3H3. The van der Waals surface area contributed by atoms with Crippen molar-refractivity contribution in [1.82, 2.24) is 24.1 Å². The molecule has 0 aromatic carbocycles. The monoisotopic (exact) mass is 315 g/mol. The van der Waals surface area contributed by atoms with Gasteiger partial charge in [0.05, 0.1) is 6.20 Å². The molecule has 124 valence electrons. The molecule has 1 aliphatic heterocycles. The molecule has 3 heterocycles. The van der Waals surface area contributed by atoms with Crippen LogP contribution in [0.15, 0.2) is 35.5 Å². The fourth-order valence-corrected chi connectivity index (χ4v) is 3.18. The highest BCUT2D eigenvalue weighted by Gasteiger charge is 2.24. The Kier molecular flexibility index (Phi) is 4.63. The van der Waals surface area contributed by atoms with Gasteiger partial charge in [-0.25, -0.2) is 0 Å². The number of hydrogen-bond donors (Lipinski definition) is 0. The van der Waals surface area contributed by atoms with E-state index in [9.17, 15) is 4.79 Å². The van der Waals surface area contributed by atoms with Crippen molar-refractivity contribution in [2.24, 2.45) is 14.1 Å². The van der Waals surface area contributed by atoms with E-state index in [4.69, 9.17) is 0 Å². The van der Waals surface area contributed by atoms with E-state index in [1.807, 2.05) is 30.2 Å². The van der Waals surface area contributed by atoms with Crippen LogP contribution in [0.1, 0.15) is 18.1 Å². The van der Waals surface area contributed by atoms with Crippen LogP contribution in [0.25, 0.3) is 0 Å². The van der Waals surface area contributed by atoms with Gasteiger partial charge in [0, 0.05) is 76.9 Å². The Balaban J connectivity index is 1.57. The zero-order valence-electron chi connectivity index (χ0n) is 14.1. The third kappa shape index (κ3) is 3.89. The number of pyridine rings is 1. The van der Waals surface area contributed by atoms with Crippen molar-refractivity contribution in [2.75, 3.05) is 19.6 Å². The molecule has 6 heteroatoms. The van der Waals surface area contributed by atoms with E-state index in [-0.39, 0.29) is 5.56 Å². The predicted molar refractivity (Wildman–Crippen MR) is 90.0 cm³/mol. The Labute approximate surface area is 136 Å². The van der Waals surface area contributed by atoms with Crippen LogP contribution in [0.3, 0.4) is 0 Å². The van der Waals surface area contributed by atoms with Crippen LogP contribution in [-0.4, -0.2) is 49.8 Å². The van der Waals surface area contributed by atoms with Crippen molar-refractivity contribution in [2.45, 2.75) is 26.1 Å². The SMILES string of the molecule is CC1CN(Cc2ccn(C)c(=O)c2)CCN1Cc1cnn(C)c1. The minimum absolute atomic E-state index is 0.0609. The molecule has 1 saturated heterocycles. The molecule has 3 rings (SSSR count). The van der Waals surface area contributed by atoms with Gasteiger partial charge >= 0.3 is 0 Å². The number of rotatable bonds is 4. The van der Waals surface area contributed by atoms with Crippen molar-refractivity contribution >= 4 is 0 Å². The summed E-state index contributed by atoms with van der Waals surface area (Å²) in [7, 11) is 3.74. The van der Waals surface area contributed by atoms with Gasteiger partial charge in [0.1, 0.15) is 0 Å². The third-order valence-electron chi connectivity index (χ3n) is 4.57. The van der Waals surface area contributed by atoms with Gasteiger partial charge in [-0.1, -0.05) is 0 Å². The fourth-order valence-electron chi connectivity index (χ4n) is 3.18. The quantitative estimate of drug-likeness (QED) is 0.838. The molecule has 2 aromatic rings. The predicted octanol–water partition coefficient (Wildman–Crippen LogP) is 0.825. The van der Waals surface area contributed by atoms with Crippen LogP contribution in [0.2, 0.25) is 0 Å². The summed E-state index contributed by atoms with van der Waals surface area (Å²) in [5.74, 6) is 0. The van der Waals surface area contributed by atoms with E-state index in [0.717, 1.165) is 38.3 Å². The zero-order chi connectivity index (χ0) is 16.4. The largest absolute Gasteiger partial charge is 0.319 e. The second-order valence-electron chi connectivity index (χ2n) is 6.56. The third-order valence-corrected chi connectivity index (χ3v) is 4.57. The van der Waals surface area contributed by atoms with Crippen molar-refractivity contribution < 1.29 is 0 Å². The van der Waals surface area contributed by atoms with E-state index in [1.54, 1.807) is 17.7 Å². The molecule has 1 atom stereocenters. The lowest BCUT2D eigenvalue weighted by molar-refractivity contribution is 0.0732. The number of aromatic nitrogens is 3. The van der Waals surface area contributed by atoms with E-state index in [0.29, 0.717) is 6.04 Å². The van der Waals surface area contributed by atoms with E-state index in [2.05, 4.69) is 28.0 Å². The number of piperazine rings is 1.